The molecule has 1 aromatic carbocycles. The summed E-state index contributed by atoms with van der Waals surface area (Å²) in [6.07, 6.45) is 4.82. The van der Waals surface area contributed by atoms with Crippen molar-refractivity contribution in [3.63, 3.8) is 0 Å². The van der Waals surface area contributed by atoms with Crippen molar-refractivity contribution in [2.45, 2.75) is 59.8 Å². The summed E-state index contributed by atoms with van der Waals surface area (Å²) in [7, 11) is 0. The highest BCUT2D eigenvalue weighted by Crippen LogP contribution is 2.30. The second kappa shape index (κ2) is 8.86. The number of carbonyl (C=O) groups excluding carboxylic acids is 1. The predicted molar refractivity (Wildman–Crippen MR) is 83.8 cm³/mol. The average molecular weight is 312 g/mol. The molecule has 0 amide bonds. The van der Waals surface area contributed by atoms with Crippen molar-refractivity contribution in [1.82, 2.24) is 0 Å². The van der Waals surface area contributed by atoms with Crippen LogP contribution in [0.25, 0.3) is 0 Å². The van der Waals surface area contributed by atoms with Crippen molar-refractivity contribution in [2.24, 2.45) is 11.8 Å². The Morgan fingerprint density at radius 2 is 1.59 bits per heavy atom. The molecule has 0 saturated heterocycles. The van der Waals surface area contributed by atoms with Crippen molar-refractivity contribution >= 4 is 5.97 Å². The van der Waals surface area contributed by atoms with Crippen LogP contribution in [0.1, 0.15) is 58.4 Å². The molecule has 2 nitrogen and oxygen atoms in total. The summed E-state index contributed by atoms with van der Waals surface area (Å²) in [5.74, 6) is -1.33. The Labute approximate surface area is 131 Å². The summed E-state index contributed by atoms with van der Waals surface area (Å²) in [5.41, 5.74) is -0.0636. The van der Waals surface area contributed by atoms with Gasteiger partial charge in [0.15, 0.2) is 0 Å². The lowest BCUT2D eigenvalue weighted by molar-refractivity contribution is -0.140. The molecule has 0 spiro atoms. The van der Waals surface area contributed by atoms with Crippen LogP contribution in [0.15, 0.2) is 12.1 Å². The molecule has 1 saturated carbocycles. The van der Waals surface area contributed by atoms with Crippen LogP contribution in [0.5, 0.6) is 5.75 Å². The number of esters is 1. The van der Waals surface area contributed by atoms with E-state index >= 15 is 0 Å². The largest absolute Gasteiger partial charge is 0.426 e. The van der Waals surface area contributed by atoms with Gasteiger partial charge in [0.05, 0.1) is 5.92 Å². The third-order valence-electron chi connectivity index (χ3n) is 3.82. The molecule has 124 valence electrons. The monoisotopic (exact) mass is 312 g/mol. The van der Waals surface area contributed by atoms with Crippen molar-refractivity contribution in [1.29, 1.82) is 0 Å². The fourth-order valence-electron chi connectivity index (χ4n) is 2.38. The van der Waals surface area contributed by atoms with Gasteiger partial charge in [-0.3, -0.25) is 4.79 Å². The van der Waals surface area contributed by atoms with E-state index < -0.39 is 11.6 Å². The van der Waals surface area contributed by atoms with Gasteiger partial charge in [-0.25, -0.2) is 8.78 Å². The van der Waals surface area contributed by atoms with Gasteiger partial charge in [-0.2, -0.15) is 0 Å². The van der Waals surface area contributed by atoms with Gasteiger partial charge in [0, 0.05) is 17.7 Å². The molecular formula is C18H26F2O2. The Balaban J connectivity index is 0.000000745. The molecule has 1 aliphatic carbocycles. The van der Waals surface area contributed by atoms with Gasteiger partial charge in [-0.05, 0) is 38.5 Å². The molecule has 4 heteroatoms. The van der Waals surface area contributed by atoms with Crippen molar-refractivity contribution in [3.8, 4) is 5.75 Å². The van der Waals surface area contributed by atoms with Crippen LogP contribution in [0.2, 0.25) is 0 Å². The summed E-state index contributed by atoms with van der Waals surface area (Å²) >= 11 is 0. The van der Waals surface area contributed by atoms with E-state index in [0.29, 0.717) is 5.92 Å². The molecule has 0 radical (unpaired) electrons. The Bertz CT molecular complexity index is 469. The SMILES string of the molecule is CCC.Cc1c(F)cc(OC(=O)C2CCC(C)CC2)cc1F. The van der Waals surface area contributed by atoms with Gasteiger partial charge < -0.3 is 4.74 Å². The standard InChI is InChI=1S/C15H18F2O2.C3H8/c1-9-3-5-11(6-4-9)15(18)19-12-7-13(16)10(2)14(17)8-12;1-3-2/h7-9,11H,3-6H2,1-2H3;3H2,1-2H3. The van der Waals surface area contributed by atoms with Crippen LogP contribution >= 0.6 is 0 Å². The summed E-state index contributed by atoms with van der Waals surface area (Å²) in [4.78, 5) is 11.9. The summed E-state index contributed by atoms with van der Waals surface area (Å²) in [6, 6.07) is 2.11. The van der Waals surface area contributed by atoms with Gasteiger partial charge >= 0.3 is 5.97 Å². The third kappa shape index (κ3) is 5.39. The predicted octanol–water partition coefficient (Wildman–Crippen LogP) is 5.42. The van der Waals surface area contributed by atoms with E-state index in [1.807, 2.05) is 0 Å². The minimum atomic E-state index is -0.694. The fourth-order valence-corrected chi connectivity index (χ4v) is 2.38. The average Bonchev–Trinajstić information content (AvgIpc) is 2.46. The number of halogens is 2. The van der Waals surface area contributed by atoms with Crippen LogP contribution in [0, 0.1) is 30.4 Å². The number of benzene rings is 1. The quantitative estimate of drug-likeness (QED) is 0.538. The number of hydrogen-bond acceptors (Lipinski definition) is 2. The minimum Gasteiger partial charge on any atom is -0.426 e. The molecule has 1 fully saturated rings. The second-order valence-corrected chi connectivity index (χ2v) is 6.10. The maximum absolute atomic E-state index is 13.4. The maximum Gasteiger partial charge on any atom is 0.314 e. The van der Waals surface area contributed by atoms with Crippen LogP contribution in [-0.4, -0.2) is 5.97 Å². The lowest BCUT2D eigenvalue weighted by Crippen LogP contribution is -2.25. The normalized spacial score (nSPS) is 20.8. The van der Waals surface area contributed by atoms with Gasteiger partial charge in [0.1, 0.15) is 17.4 Å². The number of rotatable bonds is 2. The molecule has 0 bridgehead atoms. The topological polar surface area (TPSA) is 26.3 Å². The van der Waals surface area contributed by atoms with Crippen molar-refractivity contribution < 1.29 is 18.3 Å². The molecule has 0 aliphatic heterocycles. The molecule has 0 atom stereocenters. The Kier molecular flexibility index (Phi) is 7.49. The zero-order chi connectivity index (χ0) is 16.7. The van der Waals surface area contributed by atoms with E-state index in [-0.39, 0.29) is 23.2 Å². The molecular weight excluding hydrogens is 286 g/mol. The van der Waals surface area contributed by atoms with E-state index in [4.69, 9.17) is 4.74 Å². The first-order valence-corrected chi connectivity index (χ1v) is 8.06. The number of carbonyl (C=O) groups is 1. The van der Waals surface area contributed by atoms with E-state index in [9.17, 15) is 13.6 Å². The molecule has 0 unspecified atom stereocenters. The summed E-state index contributed by atoms with van der Waals surface area (Å²) < 4.78 is 31.8. The van der Waals surface area contributed by atoms with E-state index in [0.717, 1.165) is 37.8 Å². The lowest BCUT2D eigenvalue weighted by atomic mass is 9.83. The Morgan fingerprint density at radius 3 is 2.05 bits per heavy atom. The zero-order valence-electron chi connectivity index (χ0n) is 13.9. The van der Waals surface area contributed by atoms with E-state index in [2.05, 4.69) is 20.8 Å². The fraction of sp³-hybridized carbons (Fsp3) is 0.611. The zero-order valence-corrected chi connectivity index (χ0v) is 13.9. The Hall–Kier alpha value is -1.45. The number of hydrogen-bond donors (Lipinski definition) is 0. The Morgan fingerprint density at radius 1 is 1.14 bits per heavy atom. The first kappa shape index (κ1) is 18.6. The van der Waals surface area contributed by atoms with Crippen molar-refractivity contribution in [3.05, 3.63) is 29.3 Å². The van der Waals surface area contributed by atoms with Crippen LogP contribution in [-0.2, 0) is 4.79 Å². The summed E-state index contributed by atoms with van der Waals surface area (Å²) in [6.45, 7) is 7.76. The first-order chi connectivity index (χ1) is 10.4. The van der Waals surface area contributed by atoms with E-state index in [1.165, 1.54) is 13.3 Å². The third-order valence-corrected chi connectivity index (χ3v) is 3.82. The molecule has 2 rings (SSSR count). The van der Waals surface area contributed by atoms with Crippen molar-refractivity contribution in [2.75, 3.05) is 0 Å². The van der Waals surface area contributed by atoms with Crippen LogP contribution < -0.4 is 4.74 Å². The molecule has 1 aliphatic rings. The highest BCUT2D eigenvalue weighted by molar-refractivity contribution is 5.75. The highest BCUT2D eigenvalue weighted by Gasteiger charge is 2.26. The second-order valence-electron chi connectivity index (χ2n) is 6.10. The molecule has 22 heavy (non-hydrogen) atoms. The van der Waals surface area contributed by atoms with Gasteiger partial charge in [0.25, 0.3) is 0 Å². The maximum atomic E-state index is 13.4. The first-order valence-electron chi connectivity index (χ1n) is 8.06. The van der Waals surface area contributed by atoms with Crippen LogP contribution in [0.4, 0.5) is 8.78 Å². The molecule has 0 aromatic heterocycles. The molecule has 0 heterocycles. The van der Waals surface area contributed by atoms with Gasteiger partial charge in [-0.1, -0.05) is 27.2 Å². The van der Waals surface area contributed by atoms with Crippen LogP contribution in [0.3, 0.4) is 0 Å². The smallest absolute Gasteiger partial charge is 0.314 e. The van der Waals surface area contributed by atoms with E-state index in [1.54, 1.807) is 0 Å². The minimum absolute atomic E-state index is 0.0516. The number of ether oxygens (including phenoxy) is 1. The molecule has 0 N–H and O–H groups in total. The molecule has 1 aromatic rings. The lowest BCUT2D eigenvalue weighted by Gasteiger charge is -2.24. The summed E-state index contributed by atoms with van der Waals surface area (Å²) in [5, 5.41) is 0. The van der Waals surface area contributed by atoms with Gasteiger partial charge in [-0.15, -0.1) is 0 Å². The van der Waals surface area contributed by atoms with Gasteiger partial charge in [0.2, 0.25) is 0 Å². The highest BCUT2D eigenvalue weighted by atomic mass is 19.1.